The van der Waals surface area contributed by atoms with Gasteiger partial charge in [0.15, 0.2) is 0 Å². The first-order valence-electron chi connectivity index (χ1n) is 7.58. The molecule has 0 fully saturated rings. The fraction of sp³-hybridized carbons (Fsp3) is 0.0625. The van der Waals surface area contributed by atoms with Gasteiger partial charge >= 0.3 is 0 Å². The van der Waals surface area contributed by atoms with Crippen LogP contribution in [0.2, 0.25) is 5.02 Å². The van der Waals surface area contributed by atoms with E-state index in [0.717, 1.165) is 4.47 Å². The Morgan fingerprint density at radius 3 is 2.37 bits per heavy atom. The summed E-state index contributed by atoms with van der Waals surface area (Å²) in [7, 11) is -2.19. The maximum atomic E-state index is 11.9. The van der Waals surface area contributed by atoms with Gasteiger partial charge in [-0.15, -0.1) is 0 Å². The van der Waals surface area contributed by atoms with Gasteiger partial charge in [0.05, 0.1) is 4.90 Å². The molecule has 0 bridgehead atoms. The van der Waals surface area contributed by atoms with Crippen molar-refractivity contribution in [2.75, 3.05) is 17.7 Å². The summed E-state index contributed by atoms with van der Waals surface area (Å²) in [4.78, 5) is 12.5. The Kier molecular flexibility index (Phi) is 5.90. The van der Waals surface area contributed by atoms with Gasteiger partial charge in [-0.2, -0.15) is 4.98 Å². The smallest absolute Gasteiger partial charge is 0.240 e. The molecule has 3 N–H and O–H groups in total. The van der Waals surface area contributed by atoms with E-state index in [2.05, 4.69) is 46.2 Å². The van der Waals surface area contributed by atoms with E-state index in [9.17, 15) is 8.42 Å². The highest BCUT2D eigenvalue weighted by atomic mass is 79.9. The Balaban J connectivity index is 1.81. The van der Waals surface area contributed by atoms with Crippen molar-refractivity contribution in [2.45, 2.75) is 4.90 Å². The summed E-state index contributed by atoms with van der Waals surface area (Å²) in [5.41, 5.74) is 1.22. The van der Waals surface area contributed by atoms with E-state index in [1.165, 1.54) is 25.5 Å². The molecule has 0 radical (unpaired) electrons. The average molecular weight is 470 g/mol. The third-order valence-corrected chi connectivity index (χ3v) is 5.45. The molecule has 8 nitrogen and oxygen atoms in total. The minimum absolute atomic E-state index is 0.131. The van der Waals surface area contributed by atoms with Crippen LogP contribution in [0, 0.1) is 0 Å². The molecule has 0 aliphatic rings. The van der Waals surface area contributed by atoms with Crippen molar-refractivity contribution in [1.29, 1.82) is 0 Å². The molecular weight excluding hydrogens is 456 g/mol. The molecule has 140 valence electrons. The summed E-state index contributed by atoms with van der Waals surface area (Å²) >= 11 is 9.40. The fourth-order valence-electron chi connectivity index (χ4n) is 2.16. The van der Waals surface area contributed by atoms with Crippen LogP contribution in [0.25, 0.3) is 0 Å². The lowest BCUT2D eigenvalue weighted by Crippen LogP contribution is -2.18. The minimum atomic E-state index is -3.54. The van der Waals surface area contributed by atoms with Gasteiger partial charge in [0.1, 0.15) is 6.33 Å². The quantitative estimate of drug-likeness (QED) is 0.505. The number of nitrogens with zero attached hydrogens (tertiary/aromatic N) is 3. The number of sulfonamides is 1. The highest BCUT2D eigenvalue weighted by Crippen LogP contribution is 2.25. The number of aromatic nitrogens is 3. The summed E-state index contributed by atoms with van der Waals surface area (Å²) in [5, 5.41) is 6.55. The third kappa shape index (κ3) is 5.13. The first-order valence-corrected chi connectivity index (χ1v) is 10.2. The van der Waals surface area contributed by atoms with Crippen LogP contribution in [0.5, 0.6) is 0 Å². The van der Waals surface area contributed by atoms with E-state index in [4.69, 9.17) is 11.6 Å². The second kappa shape index (κ2) is 8.17. The zero-order chi connectivity index (χ0) is 19.4. The van der Waals surface area contributed by atoms with Crippen molar-refractivity contribution < 1.29 is 8.42 Å². The Morgan fingerprint density at radius 1 is 1.00 bits per heavy atom. The van der Waals surface area contributed by atoms with E-state index in [1.807, 2.05) is 6.07 Å². The summed E-state index contributed by atoms with van der Waals surface area (Å²) in [6.07, 6.45) is 1.34. The number of benzene rings is 2. The largest absolute Gasteiger partial charge is 0.324 e. The Hall–Kier alpha value is -2.27. The lowest BCUT2D eigenvalue weighted by molar-refractivity contribution is 0.588. The van der Waals surface area contributed by atoms with E-state index in [1.54, 1.807) is 24.3 Å². The highest BCUT2D eigenvalue weighted by Gasteiger charge is 2.12. The number of halogens is 2. The van der Waals surface area contributed by atoms with Gasteiger partial charge < -0.3 is 10.6 Å². The van der Waals surface area contributed by atoms with Crippen molar-refractivity contribution in [3.8, 4) is 0 Å². The maximum Gasteiger partial charge on any atom is 0.240 e. The van der Waals surface area contributed by atoms with Gasteiger partial charge in [0.2, 0.25) is 21.9 Å². The molecule has 2 aromatic carbocycles. The van der Waals surface area contributed by atoms with Crippen molar-refractivity contribution in [3.05, 3.63) is 58.3 Å². The maximum absolute atomic E-state index is 11.9. The molecular formula is C16H14BrClN6O2S. The molecule has 3 rings (SSSR count). The standard InChI is InChI=1S/C16H14BrClN6O2S/c1-19-27(25,26)14-4-2-3-12(8-14)22-15-20-9-21-16(24-15)23-13-6-10(17)5-11(18)7-13/h2-9,19H,1H3,(H2,20,21,22,23,24). The van der Waals surface area contributed by atoms with Crippen molar-refractivity contribution in [2.24, 2.45) is 0 Å². The van der Waals surface area contributed by atoms with Crippen LogP contribution in [0.4, 0.5) is 23.3 Å². The summed E-state index contributed by atoms with van der Waals surface area (Å²) in [6.45, 7) is 0. The monoisotopic (exact) mass is 468 g/mol. The first kappa shape index (κ1) is 19.5. The van der Waals surface area contributed by atoms with E-state index < -0.39 is 10.0 Å². The van der Waals surface area contributed by atoms with Gasteiger partial charge in [0.25, 0.3) is 0 Å². The molecule has 1 heterocycles. The topological polar surface area (TPSA) is 109 Å². The molecule has 0 spiro atoms. The zero-order valence-corrected chi connectivity index (χ0v) is 17.1. The molecule has 0 amide bonds. The van der Waals surface area contributed by atoms with E-state index in [0.29, 0.717) is 22.3 Å². The van der Waals surface area contributed by atoms with Crippen LogP contribution in [0.1, 0.15) is 0 Å². The first-order chi connectivity index (χ1) is 12.9. The fourth-order valence-corrected chi connectivity index (χ4v) is 3.80. The third-order valence-electron chi connectivity index (χ3n) is 3.36. The van der Waals surface area contributed by atoms with Crippen LogP contribution < -0.4 is 15.4 Å². The predicted molar refractivity (Wildman–Crippen MR) is 108 cm³/mol. The van der Waals surface area contributed by atoms with Crippen LogP contribution in [-0.4, -0.2) is 30.4 Å². The summed E-state index contributed by atoms with van der Waals surface area (Å²) in [5.74, 6) is 0.563. The number of anilines is 4. The average Bonchev–Trinajstić information content (AvgIpc) is 2.61. The molecule has 0 atom stereocenters. The predicted octanol–water partition coefficient (Wildman–Crippen LogP) is 3.68. The Labute approximate surface area is 169 Å². The molecule has 1 aromatic heterocycles. The second-order valence-electron chi connectivity index (χ2n) is 5.28. The van der Waals surface area contributed by atoms with Crippen LogP contribution in [0.3, 0.4) is 0 Å². The zero-order valence-electron chi connectivity index (χ0n) is 13.9. The Bertz CT molecular complexity index is 1060. The van der Waals surface area contributed by atoms with Crippen molar-refractivity contribution >= 4 is 60.8 Å². The number of hydrogen-bond donors (Lipinski definition) is 3. The van der Waals surface area contributed by atoms with Crippen LogP contribution >= 0.6 is 27.5 Å². The van der Waals surface area contributed by atoms with Crippen molar-refractivity contribution in [1.82, 2.24) is 19.7 Å². The van der Waals surface area contributed by atoms with Gasteiger partial charge in [-0.05, 0) is 43.4 Å². The summed E-state index contributed by atoms with van der Waals surface area (Å²) < 4.78 is 26.9. The molecule has 0 saturated heterocycles. The van der Waals surface area contributed by atoms with Crippen LogP contribution in [0.15, 0.2) is 58.2 Å². The molecule has 27 heavy (non-hydrogen) atoms. The Morgan fingerprint density at radius 2 is 1.70 bits per heavy atom. The van der Waals surface area contributed by atoms with Gasteiger partial charge in [-0.3, -0.25) is 0 Å². The van der Waals surface area contributed by atoms with Gasteiger partial charge in [-0.25, -0.2) is 23.1 Å². The van der Waals surface area contributed by atoms with E-state index in [-0.39, 0.29) is 10.8 Å². The van der Waals surface area contributed by atoms with Gasteiger partial charge in [-0.1, -0.05) is 33.6 Å². The molecule has 0 unspecified atom stereocenters. The molecule has 0 aliphatic heterocycles. The lowest BCUT2D eigenvalue weighted by Gasteiger charge is -2.09. The SMILES string of the molecule is CNS(=O)(=O)c1cccc(Nc2ncnc(Nc3cc(Cl)cc(Br)c3)n2)c1. The van der Waals surface area contributed by atoms with Crippen molar-refractivity contribution in [3.63, 3.8) is 0 Å². The molecule has 3 aromatic rings. The number of hydrogen-bond acceptors (Lipinski definition) is 7. The van der Waals surface area contributed by atoms with Gasteiger partial charge in [0, 0.05) is 20.9 Å². The molecule has 0 aliphatic carbocycles. The second-order valence-corrected chi connectivity index (χ2v) is 8.51. The normalized spacial score (nSPS) is 11.2. The highest BCUT2D eigenvalue weighted by molar-refractivity contribution is 9.10. The number of rotatable bonds is 6. The number of nitrogens with one attached hydrogen (secondary N) is 3. The van der Waals surface area contributed by atoms with E-state index >= 15 is 0 Å². The summed E-state index contributed by atoms with van der Waals surface area (Å²) in [6, 6.07) is 11.6. The van der Waals surface area contributed by atoms with Crippen LogP contribution in [-0.2, 0) is 10.0 Å². The minimum Gasteiger partial charge on any atom is -0.324 e. The molecule has 0 saturated carbocycles. The lowest BCUT2D eigenvalue weighted by atomic mass is 10.3. The molecule has 11 heteroatoms.